The minimum absolute atomic E-state index is 0.0692. The van der Waals surface area contributed by atoms with Gasteiger partial charge in [-0.1, -0.05) is 11.6 Å². The lowest BCUT2D eigenvalue weighted by atomic mass is 10.1. The molecule has 0 rings (SSSR count). The van der Waals surface area contributed by atoms with Crippen molar-refractivity contribution in [1.29, 1.82) is 0 Å². The zero-order valence-electron chi connectivity index (χ0n) is 7.88. The van der Waals surface area contributed by atoms with Gasteiger partial charge in [-0.25, -0.2) is 0 Å². The summed E-state index contributed by atoms with van der Waals surface area (Å²) in [5.41, 5.74) is -1.18. The van der Waals surface area contributed by atoms with E-state index in [0.29, 0.717) is 0 Å². The molecule has 0 aliphatic rings. The Morgan fingerprint density at radius 2 is 1.47 bits per heavy atom. The first kappa shape index (κ1) is 14.9. The third-order valence-corrected chi connectivity index (χ3v) is 2.30. The van der Waals surface area contributed by atoms with E-state index in [9.17, 15) is 15.0 Å². The number of carboxylic acid groups (broad SMARTS) is 1. The molecule has 0 aromatic carbocycles. The molecule has 0 heterocycles. The molecule has 4 atom stereocenters. The molecule has 0 aliphatic heterocycles. The van der Waals surface area contributed by atoms with Crippen molar-refractivity contribution in [3.8, 4) is 0 Å². The van der Waals surface area contributed by atoms with Gasteiger partial charge in [0.05, 0.1) is 12.2 Å². The third-order valence-electron chi connectivity index (χ3n) is 1.76. The molecule has 4 unspecified atom stereocenters. The van der Waals surface area contributed by atoms with Crippen LogP contribution in [0.25, 0.3) is 0 Å². The highest BCUT2D eigenvalue weighted by atomic mass is 35.5. The summed E-state index contributed by atoms with van der Waals surface area (Å²) in [6.07, 6.45) is -2.33. The van der Waals surface area contributed by atoms with E-state index in [1.807, 2.05) is 0 Å². The first-order chi connectivity index (χ1) is 6.82. The van der Waals surface area contributed by atoms with Gasteiger partial charge in [0, 0.05) is 12.8 Å². The lowest BCUT2D eigenvalue weighted by Gasteiger charge is -2.16. The van der Waals surface area contributed by atoms with E-state index in [1.165, 1.54) is 0 Å². The number of halogens is 2. The van der Waals surface area contributed by atoms with Crippen molar-refractivity contribution < 1.29 is 25.2 Å². The Morgan fingerprint density at radius 3 is 1.87 bits per heavy atom. The lowest BCUT2D eigenvalue weighted by Crippen LogP contribution is -2.26. The summed E-state index contributed by atoms with van der Waals surface area (Å²) in [4.78, 5) is 10.3. The van der Waals surface area contributed by atoms with Crippen LogP contribution in [-0.2, 0) is 4.79 Å². The molecule has 90 valence electrons. The van der Waals surface area contributed by atoms with E-state index < -0.39 is 29.1 Å². The molecule has 0 aromatic rings. The molecule has 7 heteroatoms. The fourth-order valence-electron chi connectivity index (χ4n) is 1.07. The van der Waals surface area contributed by atoms with E-state index in [4.69, 9.17) is 33.4 Å². The molecule has 0 bridgehead atoms. The average molecular weight is 261 g/mol. The van der Waals surface area contributed by atoms with Crippen LogP contribution in [0.3, 0.4) is 0 Å². The second kappa shape index (κ2) is 7.24. The van der Waals surface area contributed by atoms with Crippen molar-refractivity contribution in [2.75, 3.05) is 0 Å². The highest BCUT2D eigenvalue weighted by Crippen LogP contribution is 2.14. The maximum atomic E-state index is 10.3. The summed E-state index contributed by atoms with van der Waals surface area (Å²) in [7, 11) is 0. The Kier molecular flexibility index (Phi) is 7.21. The number of aliphatic hydroxyl groups excluding tert-OH is 3. The normalized spacial score (nSPS) is 19.3. The molecule has 5 nitrogen and oxygen atoms in total. The summed E-state index contributed by atoms with van der Waals surface area (Å²) in [6, 6.07) is 0. The van der Waals surface area contributed by atoms with Crippen LogP contribution < -0.4 is 0 Å². The second-order valence-electron chi connectivity index (χ2n) is 3.25. The minimum Gasteiger partial charge on any atom is -0.480 e. The van der Waals surface area contributed by atoms with Crippen LogP contribution in [-0.4, -0.2) is 49.5 Å². The maximum absolute atomic E-state index is 10.3. The van der Waals surface area contributed by atoms with E-state index in [-0.39, 0.29) is 19.3 Å². The fraction of sp³-hybridized carbons (Fsp3) is 0.875. The van der Waals surface area contributed by atoms with Crippen LogP contribution in [0.1, 0.15) is 19.3 Å². The maximum Gasteiger partial charge on any atom is 0.321 e. The molecule has 0 fully saturated rings. The minimum atomic E-state index is -1.22. The zero-order chi connectivity index (χ0) is 12.0. The van der Waals surface area contributed by atoms with Crippen LogP contribution in [0, 0.1) is 0 Å². The van der Waals surface area contributed by atoms with Gasteiger partial charge in [-0.05, 0) is 6.42 Å². The highest BCUT2D eigenvalue weighted by molar-refractivity contribution is 6.29. The SMILES string of the molecule is O=C(O)C(Cl)CC(O)CC(O)CC(O)Cl. The number of hydrogen-bond acceptors (Lipinski definition) is 4. The van der Waals surface area contributed by atoms with Gasteiger partial charge in [0.15, 0.2) is 0 Å². The molecule has 0 spiro atoms. The summed E-state index contributed by atoms with van der Waals surface area (Å²) in [5.74, 6) is -1.22. The second-order valence-corrected chi connectivity index (χ2v) is 4.29. The van der Waals surface area contributed by atoms with Crippen LogP contribution >= 0.6 is 23.2 Å². The third kappa shape index (κ3) is 7.81. The van der Waals surface area contributed by atoms with Crippen molar-refractivity contribution in [3.05, 3.63) is 0 Å². The molecule has 0 saturated carbocycles. The van der Waals surface area contributed by atoms with Gasteiger partial charge in [-0.15, -0.1) is 11.6 Å². The Balaban J connectivity index is 3.82. The van der Waals surface area contributed by atoms with E-state index >= 15 is 0 Å². The van der Waals surface area contributed by atoms with Gasteiger partial charge in [0.1, 0.15) is 10.9 Å². The van der Waals surface area contributed by atoms with E-state index in [2.05, 4.69) is 0 Å². The van der Waals surface area contributed by atoms with Gasteiger partial charge in [0.25, 0.3) is 0 Å². The molecule has 15 heavy (non-hydrogen) atoms. The molecule has 0 saturated heterocycles. The first-order valence-electron chi connectivity index (χ1n) is 4.38. The zero-order valence-corrected chi connectivity index (χ0v) is 9.40. The Morgan fingerprint density at radius 1 is 1.00 bits per heavy atom. The van der Waals surface area contributed by atoms with Gasteiger partial charge in [-0.3, -0.25) is 4.79 Å². The summed E-state index contributed by atoms with van der Waals surface area (Å²) in [6.45, 7) is 0. The van der Waals surface area contributed by atoms with E-state index in [0.717, 1.165) is 0 Å². The topological polar surface area (TPSA) is 98.0 Å². The molecule has 0 aliphatic carbocycles. The molecule has 0 radical (unpaired) electrons. The predicted molar refractivity (Wildman–Crippen MR) is 55.0 cm³/mol. The monoisotopic (exact) mass is 260 g/mol. The number of hydrogen-bond donors (Lipinski definition) is 4. The molecular weight excluding hydrogens is 247 g/mol. The summed E-state index contributed by atoms with van der Waals surface area (Å²) >= 11 is 10.6. The number of alkyl halides is 2. The number of carboxylic acids is 1. The number of carbonyl (C=O) groups is 1. The Labute approximate surface area is 97.2 Å². The lowest BCUT2D eigenvalue weighted by molar-refractivity contribution is -0.137. The summed E-state index contributed by atoms with van der Waals surface area (Å²) < 4.78 is 0. The van der Waals surface area contributed by atoms with Crippen molar-refractivity contribution in [2.24, 2.45) is 0 Å². The van der Waals surface area contributed by atoms with Crippen molar-refractivity contribution in [1.82, 2.24) is 0 Å². The Bertz CT molecular complexity index is 199. The largest absolute Gasteiger partial charge is 0.480 e. The van der Waals surface area contributed by atoms with Crippen LogP contribution in [0.2, 0.25) is 0 Å². The standard InChI is InChI=1S/C8H14Cl2O5/c9-6(8(14)15)2-4(11)1-5(12)3-7(10)13/h4-7,11-13H,1-3H2,(H,14,15). The molecule has 0 amide bonds. The van der Waals surface area contributed by atoms with Crippen LogP contribution in [0.4, 0.5) is 0 Å². The van der Waals surface area contributed by atoms with Gasteiger partial charge in [0.2, 0.25) is 0 Å². The quantitative estimate of drug-likeness (QED) is 0.488. The predicted octanol–water partition coefficient (Wildman–Crippen LogP) is 0.128. The fourth-order valence-corrected chi connectivity index (χ4v) is 1.48. The molecule has 0 aromatic heterocycles. The Hall–Kier alpha value is -0.0700. The smallest absolute Gasteiger partial charge is 0.321 e. The van der Waals surface area contributed by atoms with Gasteiger partial charge < -0.3 is 20.4 Å². The first-order valence-corrected chi connectivity index (χ1v) is 5.25. The van der Waals surface area contributed by atoms with Gasteiger partial charge >= 0.3 is 5.97 Å². The highest BCUT2D eigenvalue weighted by Gasteiger charge is 2.21. The van der Waals surface area contributed by atoms with Crippen LogP contribution in [0.15, 0.2) is 0 Å². The van der Waals surface area contributed by atoms with Crippen molar-refractivity contribution in [2.45, 2.75) is 42.4 Å². The summed E-state index contributed by atoms with van der Waals surface area (Å²) in [5, 5.41) is 34.5. The number of rotatable bonds is 7. The number of aliphatic hydroxyl groups is 3. The van der Waals surface area contributed by atoms with Crippen LogP contribution in [0.5, 0.6) is 0 Å². The molecule has 4 N–H and O–H groups in total. The van der Waals surface area contributed by atoms with Crippen molar-refractivity contribution in [3.63, 3.8) is 0 Å². The number of aliphatic carboxylic acids is 1. The average Bonchev–Trinajstić information content (AvgIpc) is 2.00. The van der Waals surface area contributed by atoms with E-state index in [1.54, 1.807) is 0 Å². The van der Waals surface area contributed by atoms with Gasteiger partial charge in [-0.2, -0.15) is 0 Å². The molecular formula is C8H14Cl2O5. The van der Waals surface area contributed by atoms with Crippen molar-refractivity contribution >= 4 is 29.2 Å².